The summed E-state index contributed by atoms with van der Waals surface area (Å²) >= 11 is 6.15. The zero-order valence-corrected chi connectivity index (χ0v) is 16.3. The average Bonchev–Trinajstić information content (AvgIpc) is 2.67. The number of alkyl halides is 1. The molecule has 0 aliphatic rings. The number of aromatic nitrogens is 2. The highest BCUT2D eigenvalue weighted by molar-refractivity contribution is 6.23. The molecule has 140 valence electrons. The van der Waals surface area contributed by atoms with Gasteiger partial charge in [0.25, 0.3) is 0 Å². The summed E-state index contributed by atoms with van der Waals surface area (Å²) in [6.07, 6.45) is 1.72. The maximum atomic E-state index is 6.15. The Balaban J connectivity index is 1.73. The van der Waals surface area contributed by atoms with Crippen molar-refractivity contribution >= 4 is 23.1 Å². The van der Waals surface area contributed by atoms with Crippen molar-refractivity contribution < 1.29 is 9.47 Å². The number of hydrogen-bond acceptors (Lipinski definition) is 5. The molecule has 6 heteroatoms. The van der Waals surface area contributed by atoms with Crippen LogP contribution in [-0.4, -0.2) is 28.8 Å². The first kappa shape index (κ1) is 19.0. The molecule has 0 saturated carbocycles. The minimum atomic E-state index is -0.397. The molecule has 1 heterocycles. The first-order chi connectivity index (χ1) is 12.9. The van der Waals surface area contributed by atoms with Gasteiger partial charge in [0.2, 0.25) is 0 Å². The van der Waals surface area contributed by atoms with Crippen LogP contribution in [0, 0.1) is 0 Å². The fourth-order valence-electron chi connectivity index (χ4n) is 2.50. The van der Waals surface area contributed by atoms with E-state index in [1.807, 2.05) is 68.4 Å². The molecule has 0 atom stereocenters. The van der Waals surface area contributed by atoms with Gasteiger partial charge in [-0.1, -0.05) is 18.2 Å². The van der Waals surface area contributed by atoms with Gasteiger partial charge in [0.1, 0.15) is 18.1 Å². The molecule has 3 rings (SSSR count). The average molecular weight is 384 g/mol. The predicted octanol–water partition coefficient (Wildman–Crippen LogP) is 5.29. The number of hydrogen-bond donors (Lipinski definition) is 1. The van der Waals surface area contributed by atoms with Gasteiger partial charge < -0.3 is 14.8 Å². The molecule has 2 aromatic carbocycles. The third kappa shape index (κ3) is 5.34. The molecular weight excluding hydrogens is 362 g/mol. The van der Waals surface area contributed by atoms with Gasteiger partial charge in [-0.15, -0.1) is 16.7 Å². The molecule has 0 aliphatic heterocycles. The molecule has 0 amide bonds. The van der Waals surface area contributed by atoms with Crippen molar-refractivity contribution in [1.29, 1.82) is 0 Å². The fraction of sp³-hybridized carbons (Fsp3) is 0.238. The number of nitrogens with zero attached hydrogens (tertiary/aromatic N) is 2. The van der Waals surface area contributed by atoms with Crippen LogP contribution in [-0.2, 0) is 0 Å². The monoisotopic (exact) mass is 383 g/mol. The minimum absolute atomic E-state index is 0.397. The molecular formula is C21H22ClN3O2. The molecule has 3 aromatic rings. The lowest BCUT2D eigenvalue weighted by atomic mass is 10.1. The Morgan fingerprint density at radius 2 is 1.81 bits per heavy atom. The molecule has 0 aliphatic carbocycles. The maximum absolute atomic E-state index is 6.15. The molecule has 0 bridgehead atoms. The Bertz CT molecular complexity index is 892. The number of nitrogens with one attached hydrogen (secondary N) is 1. The van der Waals surface area contributed by atoms with Gasteiger partial charge in [0.15, 0.2) is 5.82 Å². The third-order valence-electron chi connectivity index (χ3n) is 3.78. The van der Waals surface area contributed by atoms with Crippen molar-refractivity contribution in [2.45, 2.75) is 18.7 Å². The van der Waals surface area contributed by atoms with Crippen LogP contribution in [0.1, 0.15) is 13.8 Å². The largest absolute Gasteiger partial charge is 0.496 e. The lowest BCUT2D eigenvalue weighted by Gasteiger charge is -2.16. The zero-order chi connectivity index (χ0) is 19.3. The van der Waals surface area contributed by atoms with Gasteiger partial charge >= 0.3 is 0 Å². The van der Waals surface area contributed by atoms with Crippen molar-refractivity contribution in [1.82, 2.24) is 10.2 Å². The molecule has 1 aromatic heterocycles. The number of ether oxygens (including phenoxy) is 2. The van der Waals surface area contributed by atoms with E-state index in [0.29, 0.717) is 12.4 Å². The van der Waals surface area contributed by atoms with Crippen LogP contribution < -0.4 is 14.8 Å². The summed E-state index contributed by atoms with van der Waals surface area (Å²) in [5.41, 5.74) is 2.78. The van der Waals surface area contributed by atoms with Crippen LogP contribution in [0.3, 0.4) is 0 Å². The molecule has 27 heavy (non-hydrogen) atoms. The molecule has 0 saturated heterocycles. The van der Waals surface area contributed by atoms with Crippen molar-refractivity contribution in [3.05, 3.63) is 60.8 Å². The van der Waals surface area contributed by atoms with E-state index >= 15 is 0 Å². The Morgan fingerprint density at radius 3 is 2.52 bits per heavy atom. The van der Waals surface area contributed by atoms with Crippen molar-refractivity contribution in [3.8, 4) is 22.6 Å². The highest BCUT2D eigenvalue weighted by atomic mass is 35.5. The number of halogens is 1. The van der Waals surface area contributed by atoms with Crippen LogP contribution >= 0.6 is 11.6 Å². The van der Waals surface area contributed by atoms with Gasteiger partial charge in [-0.05, 0) is 50.2 Å². The summed E-state index contributed by atoms with van der Waals surface area (Å²) in [7, 11) is 1.65. The Hall–Kier alpha value is -2.79. The highest BCUT2D eigenvalue weighted by Crippen LogP contribution is 2.30. The van der Waals surface area contributed by atoms with Gasteiger partial charge in [-0.3, -0.25) is 0 Å². The van der Waals surface area contributed by atoms with E-state index in [4.69, 9.17) is 21.1 Å². The number of anilines is 2. The summed E-state index contributed by atoms with van der Waals surface area (Å²) in [5, 5.41) is 11.5. The number of methoxy groups -OCH3 is 1. The molecule has 0 unspecified atom stereocenters. The van der Waals surface area contributed by atoms with Crippen molar-refractivity contribution in [2.24, 2.45) is 0 Å². The maximum Gasteiger partial charge on any atom is 0.153 e. The smallest absolute Gasteiger partial charge is 0.153 e. The molecule has 1 N–H and O–H groups in total. The van der Waals surface area contributed by atoms with Crippen molar-refractivity contribution in [2.75, 3.05) is 19.0 Å². The van der Waals surface area contributed by atoms with Crippen molar-refractivity contribution in [3.63, 3.8) is 0 Å². The Kier molecular flexibility index (Phi) is 5.81. The third-order valence-corrected chi connectivity index (χ3v) is 3.89. The van der Waals surface area contributed by atoms with Gasteiger partial charge in [0, 0.05) is 16.8 Å². The second-order valence-corrected chi connectivity index (χ2v) is 7.71. The second kappa shape index (κ2) is 8.27. The van der Waals surface area contributed by atoms with E-state index in [2.05, 4.69) is 15.5 Å². The van der Waals surface area contributed by atoms with E-state index in [9.17, 15) is 0 Å². The summed E-state index contributed by atoms with van der Waals surface area (Å²) < 4.78 is 11.1. The highest BCUT2D eigenvalue weighted by Gasteiger charge is 2.14. The predicted molar refractivity (Wildman–Crippen MR) is 109 cm³/mol. The first-order valence-corrected chi connectivity index (χ1v) is 8.97. The Labute approximate surface area is 164 Å². The van der Waals surface area contributed by atoms with Crippen LogP contribution in [0.25, 0.3) is 11.1 Å². The lowest BCUT2D eigenvalue weighted by molar-refractivity contribution is 0.284. The summed E-state index contributed by atoms with van der Waals surface area (Å²) in [6, 6.07) is 17.4. The van der Waals surface area contributed by atoms with E-state index < -0.39 is 4.87 Å². The molecule has 5 nitrogen and oxygen atoms in total. The van der Waals surface area contributed by atoms with Crippen LogP contribution in [0.4, 0.5) is 11.5 Å². The number of rotatable bonds is 7. The fourth-order valence-corrected chi connectivity index (χ4v) is 2.55. The van der Waals surface area contributed by atoms with Gasteiger partial charge in [-0.25, -0.2) is 0 Å². The molecule has 0 fully saturated rings. The minimum Gasteiger partial charge on any atom is -0.496 e. The van der Waals surface area contributed by atoms with Gasteiger partial charge in [-0.2, -0.15) is 5.10 Å². The summed E-state index contributed by atoms with van der Waals surface area (Å²) in [4.78, 5) is -0.397. The molecule has 0 radical (unpaired) electrons. The van der Waals surface area contributed by atoms with Gasteiger partial charge in [0.05, 0.1) is 18.2 Å². The van der Waals surface area contributed by atoms with Crippen LogP contribution in [0.2, 0.25) is 0 Å². The Morgan fingerprint density at radius 1 is 1.07 bits per heavy atom. The normalized spacial score (nSPS) is 11.1. The van der Waals surface area contributed by atoms with Crippen LogP contribution in [0.5, 0.6) is 11.5 Å². The van der Waals surface area contributed by atoms with E-state index in [-0.39, 0.29) is 0 Å². The van der Waals surface area contributed by atoms with E-state index in [1.165, 1.54) is 0 Å². The standard InChI is InChI=1S/C21H22ClN3O2/c1-21(2,22)14-27-17-10-8-16(9-11-17)24-20-12-15(13-23-25-20)18-6-4-5-7-19(18)26-3/h4-13H,14H2,1-3H3,(H,24,25). The zero-order valence-electron chi connectivity index (χ0n) is 15.6. The lowest BCUT2D eigenvalue weighted by Crippen LogP contribution is -2.21. The quantitative estimate of drug-likeness (QED) is 0.561. The van der Waals surface area contributed by atoms with E-state index in [0.717, 1.165) is 28.3 Å². The van der Waals surface area contributed by atoms with E-state index in [1.54, 1.807) is 13.3 Å². The summed E-state index contributed by atoms with van der Waals surface area (Å²) in [5.74, 6) is 2.21. The summed E-state index contributed by atoms with van der Waals surface area (Å²) in [6.45, 7) is 4.27. The van der Waals surface area contributed by atoms with Crippen LogP contribution in [0.15, 0.2) is 60.8 Å². The number of para-hydroxylation sites is 1. The number of benzene rings is 2. The SMILES string of the molecule is COc1ccccc1-c1cnnc(Nc2ccc(OCC(C)(C)Cl)cc2)c1. The molecule has 0 spiro atoms. The first-order valence-electron chi connectivity index (χ1n) is 8.59. The second-order valence-electron chi connectivity index (χ2n) is 6.69. The topological polar surface area (TPSA) is 56.3 Å².